The maximum Gasteiger partial charge on any atom is 0.392 e. The number of carbonyl (C=O) groups is 1. The summed E-state index contributed by atoms with van der Waals surface area (Å²) in [7, 11) is 0. The summed E-state index contributed by atoms with van der Waals surface area (Å²) in [6.07, 6.45) is -4.11. The molecule has 20 heavy (non-hydrogen) atoms. The molecular formula is C14H18F4O2. The first-order valence-corrected chi connectivity index (χ1v) is 6.91. The van der Waals surface area contributed by atoms with Crippen molar-refractivity contribution < 1.29 is 27.1 Å². The highest BCUT2D eigenvalue weighted by Crippen LogP contribution is 2.51. The zero-order valence-electron chi connectivity index (χ0n) is 11.3. The Bertz CT molecular complexity index is 398. The molecule has 1 fully saturated rings. The van der Waals surface area contributed by atoms with Gasteiger partial charge in [-0.15, -0.1) is 0 Å². The largest absolute Gasteiger partial charge is 0.466 e. The van der Waals surface area contributed by atoms with Crippen molar-refractivity contribution in [2.75, 3.05) is 6.61 Å². The minimum Gasteiger partial charge on any atom is -0.466 e. The summed E-state index contributed by atoms with van der Waals surface area (Å²) < 4.78 is 57.7. The first-order valence-electron chi connectivity index (χ1n) is 6.91. The highest BCUT2D eigenvalue weighted by atomic mass is 19.4. The van der Waals surface area contributed by atoms with Crippen LogP contribution in [0.5, 0.6) is 0 Å². The molecule has 0 aromatic heterocycles. The van der Waals surface area contributed by atoms with Crippen molar-refractivity contribution in [3.05, 3.63) is 11.6 Å². The van der Waals surface area contributed by atoms with Crippen LogP contribution in [0.3, 0.4) is 0 Å². The maximum absolute atomic E-state index is 13.6. The minimum atomic E-state index is -4.49. The lowest BCUT2D eigenvalue weighted by atomic mass is 9.74. The predicted octanol–water partition coefficient (Wildman–Crippen LogP) is 3.81. The molecule has 0 radical (unpaired) electrons. The predicted molar refractivity (Wildman–Crippen MR) is 64.6 cm³/mol. The van der Waals surface area contributed by atoms with Gasteiger partial charge in [0.2, 0.25) is 0 Å². The van der Waals surface area contributed by atoms with Gasteiger partial charge in [0.25, 0.3) is 0 Å². The van der Waals surface area contributed by atoms with Gasteiger partial charge in [-0.05, 0) is 32.1 Å². The molecule has 114 valence electrons. The minimum absolute atomic E-state index is 0.0119. The van der Waals surface area contributed by atoms with E-state index in [-0.39, 0.29) is 18.9 Å². The van der Waals surface area contributed by atoms with E-state index in [2.05, 4.69) is 0 Å². The smallest absolute Gasteiger partial charge is 0.392 e. The Labute approximate surface area is 115 Å². The molecule has 3 unspecified atom stereocenters. The SMILES string of the molecule is CCOC(=O)CC1C(C2CC2)=CC(F)CC1C(F)(F)F. The van der Waals surface area contributed by atoms with Crippen molar-refractivity contribution in [2.24, 2.45) is 17.8 Å². The van der Waals surface area contributed by atoms with E-state index >= 15 is 0 Å². The van der Waals surface area contributed by atoms with Crippen molar-refractivity contribution in [2.45, 2.75) is 45.0 Å². The standard InChI is InChI=1S/C14H18F4O2/c1-2-20-13(19)7-11-10(8-3-4-8)5-9(15)6-12(11)14(16,17)18/h5,8-9,11-12H,2-4,6-7H2,1H3. The first-order chi connectivity index (χ1) is 9.32. The molecule has 0 saturated heterocycles. The van der Waals surface area contributed by atoms with E-state index in [1.165, 1.54) is 6.08 Å². The Hall–Kier alpha value is -1.07. The third-order valence-corrected chi connectivity index (χ3v) is 3.93. The monoisotopic (exact) mass is 294 g/mol. The molecule has 2 rings (SSSR count). The third kappa shape index (κ3) is 3.52. The summed E-state index contributed by atoms with van der Waals surface area (Å²) in [5, 5.41) is 0. The van der Waals surface area contributed by atoms with Gasteiger partial charge in [-0.1, -0.05) is 11.6 Å². The molecule has 2 nitrogen and oxygen atoms in total. The second kappa shape index (κ2) is 5.74. The molecule has 6 heteroatoms. The average Bonchev–Trinajstić information content (AvgIpc) is 3.13. The molecule has 0 N–H and O–H groups in total. The molecular weight excluding hydrogens is 276 g/mol. The molecule has 0 heterocycles. The van der Waals surface area contributed by atoms with Crippen LogP contribution >= 0.6 is 0 Å². The van der Waals surface area contributed by atoms with Crippen LogP contribution in [-0.4, -0.2) is 24.9 Å². The summed E-state index contributed by atoms with van der Waals surface area (Å²) in [5.41, 5.74) is 0.471. The van der Waals surface area contributed by atoms with Crippen LogP contribution in [0.15, 0.2) is 11.6 Å². The normalized spacial score (nSPS) is 30.9. The van der Waals surface area contributed by atoms with Gasteiger partial charge < -0.3 is 4.74 Å². The lowest BCUT2D eigenvalue weighted by Crippen LogP contribution is -2.38. The van der Waals surface area contributed by atoms with E-state index < -0.39 is 36.6 Å². The Balaban J connectivity index is 2.22. The fourth-order valence-electron chi connectivity index (χ4n) is 2.92. The second-order valence-electron chi connectivity index (χ2n) is 5.46. The van der Waals surface area contributed by atoms with Crippen molar-refractivity contribution in [1.29, 1.82) is 0 Å². The summed E-state index contributed by atoms with van der Waals surface area (Å²) in [4.78, 5) is 11.5. The third-order valence-electron chi connectivity index (χ3n) is 3.93. The van der Waals surface area contributed by atoms with Crippen LogP contribution in [0, 0.1) is 17.8 Å². The average molecular weight is 294 g/mol. The van der Waals surface area contributed by atoms with Crippen LogP contribution in [0.2, 0.25) is 0 Å². The molecule has 0 aromatic carbocycles. The van der Waals surface area contributed by atoms with Gasteiger partial charge in [0.15, 0.2) is 0 Å². The van der Waals surface area contributed by atoms with Gasteiger partial charge in [-0.2, -0.15) is 13.2 Å². The van der Waals surface area contributed by atoms with Gasteiger partial charge in [0.05, 0.1) is 18.9 Å². The van der Waals surface area contributed by atoms with Crippen LogP contribution in [0.4, 0.5) is 17.6 Å². The fraction of sp³-hybridized carbons (Fsp3) is 0.786. The van der Waals surface area contributed by atoms with Gasteiger partial charge in [-0.25, -0.2) is 4.39 Å². The summed E-state index contributed by atoms with van der Waals surface area (Å²) in [6.45, 7) is 1.74. The van der Waals surface area contributed by atoms with Crippen molar-refractivity contribution >= 4 is 5.97 Å². The van der Waals surface area contributed by atoms with E-state index in [1.54, 1.807) is 6.92 Å². The number of ether oxygens (including phenoxy) is 1. The van der Waals surface area contributed by atoms with E-state index in [0.717, 1.165) is 12.8 Å². The Morgan fingerprint density at radius 3 is 2.55 bits per heavy atom. The van der Waals surface area contributed by atoms with E-state index in [0.29, 0.717) is 5.57 Å². The summed E-state index contributed by atoms with van der Waals surface area (Å²) in [5.74, 6) is -3.38. The van der Waals surface area contributed by atoms with Crippen molar-refractivity contribution in [3.63, 3.8) is 0 Å². The topological polar surface area (TPSA) is 26.3 Å². The van der Waals surface area contributed by atoms with E-state index in [9.17, 15) is 22.4 Å². The second-order valence-corrected chi connectivity index (χ2v) is 5.46. The molecule has 2 aliphatic carbocycles. The van der Waals surface area contributed by atoms with Crippen molar-refractivity contribution in [1.82, 2.24) is 0 Å². The number of esters is 1. The molecule has 1 saturated carbocycles. The lowest BCUT2D eigenvalue weighted by Gasteiger charge is -2.35. The molecule has 0 aliphatic heterocycles. The van der Waals surface area contributed by atoms with Crippen LogP contribution in [0.25, 0.3) is 0 Å². The van der Waals surface area contributed by atoms with E-state index in [1.807, 2.05) is 0 Å². The van der Waals surface area contributed by atoms with Gasteiger partial charge in [0.1, 0.15) is 6.17 Å². The Morgan fingerprint density at radius 2 is 2.05 bits per heavy atom. The first kappa shape index (κ1) is 15.3. The molecule has 0 spiro atoms. The summed E-state index contributed by atoms with van der Waals surface area (Å²) in [6, 6.07) is 0. The lowest BCUT2D eigenvalue weighted by molar-refractivity contribution is -0.194. The molecule has 0 aromatic rings. The quantitative estimate of drug-likeness (QED) is 0.448. The number of rotatable bonds is 4. The van der Waals surface area contributed by atoms with Crippen LogP contribution in [0.1, 0.15) is 32.6 Å². The number of allylic oxidation sites excluding steroid dienone is 2. The zero-order chi connectivity index (χ0) is 14.9. The summed E-state index contributed by atoms with van der Waals surface area (Å²) >= 11 is 0. The fourth-order valence-corrected chi connectivity index (χ4v) is 2.92. The van der Waals surface area contributed by atoms with Crippen LogP contribution in [-0.2, 0) is 9.53 Å². The highest BCUT2D eigenvalue weighted by Gasteiger charge is 2.51. The molecule has 2 aliphatic rings. The van der Waals surface area contributed by atoms with Gasteiger partial charge in [0, 0.05) is 5.92 Å². The van der Waals surface area contributed by atoms with Crippen LogP contribution < -0.4 is 0 Å². The number of hydrogen-bond donors (Lipinski definition) is 0. The Kier molecular flexibility index (Phi) is 4.39. The maximum atomic E-state index is 13.6. The number of hydrogen-bond acceptors (Lipinski definition) is 2. The molecule has 0 bridgehead atoms. The van der Waals surface area contributed by atoms with Gasteiger partial charge >= 0.3 is 12.1 Å². The number of halogens is 4. The van der Waals surface area contributed by atoms with Gasteiger partial charge in [-0.3, -0.25) is 4.79 Å². The zero-order valence-corrected chi connectivity index (χ0v) is 11.3. The van der Waals surface area contributed by atoms with Crippen molar-refractivity contribution in [3.8, 4) is 0 Å². The van der Waals surface area contributed by atoms with E-state index in [4.69, 9.17) is 4.74 Å². The Morgan fingerprint density at radius 1 is 1.40 bits per heavy atom. The molecule has 0 amide bonds. The number of alkyl halides is 4. The molecule has 3 atom stereocenters. The highest BCUT2D eigenvalue weighted by molar-refractivity contribution is 5.70. The number of carbonyl (C=O) groups excluding carboxylic acids is 1.